The monoisotopic (exact) mass is 483 g/mol. The van der Waals surface area contributed by atoms with Crippen LogP contribution in [0.3, 0.4) is 0 Å². The molecule has 0 bridgehead atoms. The molecular formula is C28H25N3OS2. The largest absolute Gasteiger partial charge is 0.361 e. The maximum Gasteiger partial charge on any atom is 0.252 e. The Hall–Kier alpha value is -3.35. The van der Waals surface area contributed by atoms with Crippen LogP contribution in [-0.4, -0.2) is 22.4 Å². The first-order valence-corrected chi connectivity index (χ1v) is 13.1. The molecule has 0 saturated heterocycles. The predicted octanol–water partition coefficient (Wildman–Crippen LogP) is 6.79. The number of carbonyl (C=O) groups is 1. The predicted molar refractivity (Wildman–Crippen MR) is 142 cm³/mol. The van der Waals surface area contributed by atoms with Gasteiger partial charge in [0.15, 0.2) is 0 Å². The second-order valence-electron chi connectivity index (χ2n) is 8.11. The fourth-order valence-corrected chi connectivity index (χ4v) is 5.83. The number of para-hydroxylation sites is 1. The van der Waals surface area contributed by atoms with Crippen LogP contribution in [0.25, 0.3) is 10.9 Å². The minimum absolute atomic E-state index is 0.0408. The number of H-pyrrole nitrogens is 1. The first kappa shape index (κ1) is 22.4. The Morgan fingerprint density at radius 3 is 2.62 bits per heavy atom. The van der Waals surface area contributed by atoms with Gasteiger partial charge in [-0.05, 0) is 36.2 Å². The van der Waals surface area contributed by atoms with Crippen molar-refractivity contribution in [1.82, 2.24) is 15.3 Å². The molecular weight excluding hydrogens is 458 g/mol. The topological polar surface area (TPSA) is 57.8 Å². The summed E-state index contributed by atoms with van der Waals surface area (Å²) in [4.78, 5) is 22.2. The van der Waals surface area contributed by atoms with Gasteiger partial charge in [0.25, 0.3) is 5.91 Å². The van der Waals surface area contributed by atoms with Crippen LogP contribution in [0.4, 0.5) is 0 Å². The van der Waals surface area contributed by atoms with E-state index < -0.39 is 0 Å². The highest BCUT2D eigenvalue weighted by molar-refractivity contribution is 7.98. The van der Waals surface area contributed by atoms with Gasteiger partial charge < -0.3 is 10.3 Å². The van der Waals surface area contributed by atoms with Crippen molar-refractivity contribution in [3.05, 3.63) is 118 Å². The van der Waals surface area contributed by atoms with Crippen LogP contribution in [0.15, 0.2) is 95.3 Å². The number of rotatable bonds is 8. The number of aromatic nitrogens is 2. The number of fused-ring (bicyclic) bond motifs is 1. The zero-order chi connectivity index (χ0) is 23.3. The smallest absolute Gasteiger partial charge is 0.252 e. The van der Waals surface area contributed by atoms with E-state index in [9.17, 15) is 4.79 Å². The fourth-order valence-electron chi connectivity index (χ4n) is 4.17. The third-order valence-electron chi connectivity index (χ3n) is 5.84. The lowest BCUT2D eigenvalue weighted by molar-refractivity contribution is 0.0949. The number of hydrogen-bond donors (Lipinski definition) is 2. The molecule has 1 atom stereocenters. The van der Waals surface area contributed by atoms with E-state index in [1.54, 1.807) is 23.1 Å². The lowest BCUT2D eigenvalue weighted by Gasteiger charge is -2.19. The molecule has 0 spiro atoms. The van der Waals surface area contributed by atoms with Crippen molar-refractivity contribution >= 4 is 39.9 Å². The van der Waals surface area contributed by atoms with E-state index in [1.807, 2.05) is 55.5 Å². The molecule has 3 aromatic carbocycles. The fraction of sp³-hybridized carbons (Fsp3) is 0.143. The number of thioether (sulfide) groups is 1. The Bertz CT molecular complexity index is 1410. The summed E-state index contributed by atoms with van der Waals surface area (Å²) in [6.07, 6.45) is 2.06. The lowest BCUT2D eigenvalue weighted by Crippen LogP contribution is -2.29. The van der Waals surface area contributed by atoms with Crippen molar-refractivity contribution in [3.63, 3.8) is 0 Å². The Morgan fingerprint density at radius 1 is 1.03 bits per heavy atom. The molecule has 34 heavy (non-hydrogen) atoms. The molecule has 6 heteroatoms. The maximum absolute atomic E-state index is 13.3. The van der Waals surface area contributed by atoms with E-state index in [0.717, 1.165) is 26.9 Å². The summed E-state index contributed by atoms with van der Waals surface area (Å²) in [6, 6.07) is 26.5. The van der Waals surface area contributed by atoms with E-state index in [1.165, 1.54) is 16.5 Å². The Kier molecular flexibility index (Phi) is 6.79. The van der Waals surface area contributed by atoms with Crippen molar-refractivity contribution < 1.29 is 4.79 Å². The van der Waals surface area contributed by atoms with Crippen molar-refractivity contribution in [2.75, 3.05) is 6.54 Å². The van der Waals surface area contributed by atoms with Crippen molar-refractivity contribution in [2.24, 2.45) is 0 Å². The summed E-state index contributed by atoms with van der Waals surface area (Å²) in [5.74, 6) is 0.730. The zero-order valence-electron chi connectivity index (χ0n) is 18.8. The van der Waals surface area contributed by atoms with E-state index in [0.29, 0.717) is 12.1 Å². The molecule has 0 radical (unpaired) electrons. The quantitative estimate of drug-likeness (QED) is 0.239. The van der Waals surface area contributed by atoms with E-state index >= 15 is 0 Å². The highest BCUT2D eigenvalue weighted by Crippen LogP contribution is 2.31. The number of thiazole rings is 1. The molecule has 5 aromatic rings. The van der Waals surface area contributed by atoms with Crippen LogP contribution in [0.2, 0.25) is 0 Å². The molecule has 2 N–H and O–H groups in total. The third-order valence-corrected chi connectivity index (χ3v) is 7.77. The van der Waals surface area contributed by atoms with Gasteiger partial charge in [-0.1, -0.05) is 60.7 Å². The van der Waals surface area contributed by atoms with Gasteiger partial charge in [0.2, 0.25) is 0 Å². The summed E-state index contributed by atoms with van der Waals surface area (Å²) in [6.45, 7) is 2.52. The number of aromatic amines is 1. The number of aryl methyl sites for hydroxylation is 1. The van der Waals surface area contributed by atoms with Gasteiger partial charge in [-0.25, -0.2) is 4.98 Å². The summed E-state index contributed by atoms with van der Waals surface area (Å²) in [5.41, 5.74) is 5.21. The van der Waals surface area contributed by atoms with Crippen LogP contribution in [0, 0.1) is 6.92 Å². The molecule has 0 aliphatic heterocycles. The molecule has 0 aliphatic carbocycles. The standard InChI is InChI=1S/C28H25N3OS2/c1-19-31-21(17-33-19)18-34-27-14-8-6-12-23(27)28(32)30-15-24(20-9-3-2-4-10-20)25-16-29-26-13-7-5-11-22(25)26/h2-14,16-17,24,29H,15,18H2,1H3,(H,30,32). The molecule has 170 valence electrons. The highest BCUT2D eigenvalue weighted by atomic mass is 32.2. The van der Waals surface area contributed by atoms with Gasteiger partial charge >= 0.3 is 0 Å². The summed E-state index contributed by atoms with van der Waals surface area (Å²) < 4.78 is 0. The Balaban J connectivity index is 1.36. The minimum atomic E-state index is -0.0571. The van der Waals surface area contributed by atoms with Crippen molar-refractivity contribution in [1.29, 1.82) is 0 Å². The average molecular weight is 484 g/mol. The lowest BCUT2D eigenvalue weighted by atomic mass is 9.91. The first-order chi connectivity index (χ1) is 16.7. The second kappa shape index (κ2) is 10.3. The molecule has 0 fully saturated rings. The number of benzene rings is 3. The van der Waals surface area contributed by atoms with Gasteiger partial charge in [-0.2, -0.15) is 0 Å². The minimum Gasteiger partial charge on any atom is -0.361 e. The normalized spacial score (nSPS) is 12.0. The van der Waals surface area contributed by atoms with Gasteiger partial charge in [0.1, 0.15) is 0 Å². The van der Waals surface area contributed by atoms with E-state index in [4.69, 9.17) is 0 Å². The highest BCUT2D eigenvalue weighted by Gasteiger charge is 2.20. The molecule has 4 nitrogen and oxygen atoms in total. The van der Waals surface area contributed by atoms with Gasteiger partial charge in [0.05, 0.1) is 16.3 Å². The number of nitrogens with one attached hydrogen (secondary N) is 2. The number of hydrogen-bond acceptors (Lipinski definition) is 4. The van der Waals surface area contributed by atoms with Gasteiger partial charge in [-0.3, -0.25) is 4.79 Å². The molecule has 0 saturated carbocycles. The molecule has 1 amide bonds. The molecule has 2 heterocycles. The second-order valence-corrected chi connectivity index (χ2v) is 10.2. The van der Waals surface area contributed by atoms with Crippen molar-refractivity contribution in [2.45, 2.75) is 23.5 Å². The van der Waals surface area contributed by atoms with Crippen LogP contribution in [-0.2, 0) is 5.75 Å². The maximum atomic E-state index is 13.3. The molecule has 0 aliphatic rings. The SMILES string of the molecule is Cc1nc(CSc2ccccc2C(=O)NCC(c2ccccc2)c2c[nH]c3ccccc23)cs1. The van der Waals surface area contributed by atoms with Crippen molar-refractivity contribution in [3.8, 4) is 0 Å². The molecule has 5 rings (SSSR count). The number of amides is 1. The third kappa shape index (κ3) is 4.93. The van der Waals surface area contributed by atoms with E-state index in [2.05, 4.69) is 57.2 Å². The van der Waals surface area contributed by atoms with Crippen LogP contribution >= 0.6 is 23.1 Å². The van der Waals surface area contributed by atoms with Gasteiger partial charge in [-0.15, -0.1) is 23.1 Å². The number of carbonyl (C=O) groups excluding carboxylic acids is 1. The molecule has 2 aromatic heterocycles. The molecule has 1 unspecified atom stereocenters. The summed E-state index contributed by atoms with van der Waals surface area (Å²) in [5, 5.41) is 7.54. The average Bonchev–Trinajstić information content (AvgIpc) is 3.50. The number of nitrogens with zero attached hydrogens (tertiary/aromatic N) is 1. The Morgan fingerprint density at radius 2 is 1.79 bits per heavy atom. The van der Waals surface area contributed by atoms with Crippen LogP contribution in [0.1, 0.15) is 38.1 Å². The van der Waals surface area contributed by atoms with E-state index in [-0.39, 0.29) is 11.8 Å². The van der Waals surface area contributed by atoms with Gasteiger partial charge in [0, 0.05) is 45.6 Å². The Labute approximate surface area is 207 Å². The first-order valence-electron chi connectivity index (χ1n) is 11.2. The zero-order valence-corrected chi connectivity index (χ0v) is 20.5. The van der Waals surface area contributed by atoms with Crippen LogP contribution in [0.5, 0.6) is 0 Å². The van der Waals surface area contributed by atoms with Crippen LogP contribution < -0.4 is 5.32 Å². The summed E-state index contributed by atoms with van der Waals surface area (Å²) >= 11 is 3.30. The summed E-state index contributed by atoms with van der Waals surface area (Å²) in [7, 11) is 0.